The Kier molecular flexibility index (Phi) is 9.36. The Morgan fingerprint density at radius 1 is 1.17 bits per heavy atom. The van der Waals surface area contributed by atoms with Gasteiger partial charge in [-0.3, -0.25) is 5.32 Å². The molecule has 0 bridgehead atoms. The predicted octanol–water partition coefficient (Wildman–Crippen LogP) is 3.34. The minimum Gasteiger partial charge on any atom is -0.378 e. The van der Waals surface area contributed by atoms with E-state index in [1.807, 2.05) is 44.2 Å². The number of nitrogens with one attached hydrogen (secondary N) is 4. The monoisotopic (exact) mass is 498 g/mol. The molecule has 1 fully saturated rings. The van der Waals surface area contributed by atoms with E-state index in [4.69, 9.17) is 12.2 Å². The van der Waals surface area contributed by atoms with Crippen LogP contribution in [0.5, 0.6) is 0 Å². The second-order valence-corrected chi connectivity index (χ2v) is 9.88. The molecular formula is C25H38N8OS. The lowest BCUT2D eigenvalue weighted by molar-refractivity contribution is 0.262. The van der Waals surface area contributed by atoms with Crippen LogP contribution in [0.25, 0.3) is 0 Å². The molecule has 1 aromatic heterocycles. The van der Waals surface area contributed by atoms with Crippen molar-refractivity contribution in [3.63, 3.8) is 0 Å². The van der Waals surface area contributed by atoms with Crippen molar-refractivity contribution >= 4 is 40.7 Å². The molecule has 1 unspecified atom stereocenters. The van der Waals surface area contributed by atoms with E-state index in [1.54, 1.807) is 0 Å². The minimum atomic E-state index is -0.387. The quantitative estimate of drug-likeness (QED) is 0.371. The Morgan fingerprint density at radius 3 is 2.57 bits per heavy atom. The third kappa shape index (κ3) is 7.84. The number of aromatic nitrogens is 2. The lowest BCUT2D eigenvalue weighted by Crippen LogP contribution is -2.47. The van der Waals surface area contributed by atoms with Crippen molar-refractivity contribution in [1.29, 1.82) is 0 Å². The molecule has 1 aliphatic heterocycles. The molecule has 2 amide bonds. The molecule has 0 spiro atoms. The van der Waals surface area contributed by atoms with Crippen molar-refractivity contribution in [1.82, 2.24) is 25.1 Å². The maximum atomic E-state index is 12.5. The number of carbonyl (C=O) groups is 1. The van der Waals surface area contributed by atoms with E-state index in [0.717, 1.165) is 55.4 Å². The van der Waals surface area contributed by atoms with Crippen molar-refractivity contribution in [3.05, 3.63) is 41.6 Å². The average Bonchev–Trinajstić information content (AvgIpc) is 3.23. The summed E-state index contributed by atoms with van der Waals surface area (Å²) >= 11 is 5.88. The van der Waals surface area contributed by atoms with Gasteiger partial charge in [0, 0.05) is 43.6 Å². The van der Waals surface area contributed by atoms with E-state index in [-0.39, 0.29) is 17.4 Å². The molecule has 10 heteroatoms. The molecule has 1 saturated heterocycles. The van der Waals surface area contributed by atoms with Crippen LogP contribution in [0.3, 0.4) is 0 Å². The molecule has 2 aromatic rings. The number of likely N-dealkylation sites (tertiary alicyclic amines) is 1. The van der Waals surface area contributed by atoms with Crippen LogP contribution in [-0.2, 0) is 0 Å². The van der Waals surface area contributed by atoms with Gasteiger partial charge in [0.15, 0.2) is 0 Å². The number of hydrogen-bond acceptors (Lipinski definition) is 7. The van der Waals surface area contributed by atoms with Crippen LogP contribution < -0.4 is 21.3 Å². The first-order valence-electron chi connectivity index (χ1n) is 12.1. The largest absolute Gasteiger partial charge is 0.378 e. The number of likely N-dealkylation sites (N-methyl/N-ethyl adjacent to an activating group) is 1. The Morgan fingerprint density at radius 2 is 1.91 bits per heavy atom. The molecule has 0 saturated carbocycles. The summed E-state index contributed by atoms with van der Waals surface area (Å²) in [6.07, 6.45) is 0.982. The predicted molar refractivity (Wildman–Crippen MR) is 147 cm³/mol. The molecule has 0 radical (unpaired) electrons. The molecule has 0 aliphatic carbocycles. The SMILES string of the molecule is CCN1CCC(CNc2cc(C)nc(NC(=O)Nc3ccc(C)cc3)n2)(C(=S)NCCN(C)C)C1. The lowest BCUT2D eigenvalue weighted by Gasteiger charge is -2.31. The van der Waals surface area contributed by atoms with Gasteiger partial charge in [-0.1, -0.05) is 36.8 Å². The number of carbonyl (C=O) groups excluding carboxylic acids is 1. The van der Waals surface area contributed by atoms with Gasteiger partial charge in [-0.15, -0.1) is 0 Å². The van der Waals surface area contributed by atoms with Crippen LogP contribution in [0.15, 0.2) is 30.3 Å². The molecule has 35 heavy (non-hydrogen) atoms. The van der Waals surface area contributed by atoms with E-state index >= 15 is 0 Å². The van der Waals surface area contributed by atoms with Gasteiger partial charge >= 0.3 is 6.03 Å². The first-order valence-corrected chi connectivity index (χ1v) is 12.5. The molecule has 1 aliphatic rings. The zero-order valence-corrected chi connectivity index (χ0v) is 22.3. The van der Waals surface area contributed by atoms with Crippen LogP contribution in [0.4, 0.5) is 22.2 Å². The molecule has 9 nitrogen and oxygen atoms in total. The van der Waals surface area contributed by atoms with Crippen molar-refractivity contribution < 1.29 is 4.79 Å². The number of anilines is 3. The normalized spacial score (nSPS) is 17.9. The van der Waals surface area contributed by atoms with Crippen LogP contribution >= 0.6 is 12.2 Å². The van der Waals surface area contributed by atoms with Crippen molar-refractivity contribution in [2.45, 2.75) is 27.2 Å². The van der Waals surface area contributed by atoms with E-state index in [0.29, 0.717) is 18.1 Å². The number of amides is 2. The fourth-order valence-corrected chi connectivity index (χ4v) is 4.44. The van der Waals surface area contributed by atoms with Gasteiger partial charge in [0.2, 0.25) is 5.95 Å². The van der Waals surface area contributed by atoms with Crippen molar-refractivity contribution in [2.75, 3.05) is 69.3 Å². The Labute approximate surface area is 214 Å². The zero-order valence-electron chi connectivity index (χ0n) is 21.4. The number of rotatable bonds is 10. The lowest BCUT2D eigenvalue weighted by atomic mass is 9.86. The maximum Gasteiger partial charge on any atom is 0.326 e. The number of hydrogen-bond donors (Lipinski definition) is 4. The third-order valence-electron chi connectivity index (χ3n) is 6.20. The van der Waals surface area contributed by atoms with E-state index < -0.39 is 0 Å². The fourth-order valence-electron chi connectivity index (χ4n) is 4.09. The smallest absolute Gasteiger partial charge is 0.326 e. The van der Waals surface area contributed by atoms with E-state index in [1.165, 1.54) is 0 Å². The third-order valence-corrected chi connectivity index (χ3v) is 6.78. The average molecular weight is 499 g/mol. The fraction of sp³-hybridized carbons (Fsp3) is 0.520. The van der Waals surface area contributed by atoms with E-state index in [9.17, 15) is 4.79 Å². The van der Waals surface area contributed by atoms with E-state index in [2.05, 4.69) is 62.1 Å². The number of thiocarbonyl (C=S) groups is 1. The highest BCUT2D eigenvalue weighted by Gasteiger charge is 2.41. The van der Waals surface area contributed by atoms with Crippen LogP contribution in [-0.4, -0.2) is 84.2 Å². The maximum absolute atomic E-state index is 12.5. The number of aryl methyl sites for hydroxylation is 2. The summed E-state index contributed by atoms with van der Waals surface area (Å²) in [6.45, 7) is 11.4. The summed E-state index contributed by atoms with van der Waals surface area (Å²) < 4.78 is 0. The van der Waals surface area contributed by atoms with Crippen LogP contribution in [0, 0.1) is 19.3 Å². The van der Waals surface area contributed by atoms with Gasteiger partial charge in [-0.25, -0.2) is 9.78 Å². The molecular weight excluding hydrogens is 460 g/mol. The number of nitrogens with zero attached hydrogens (tertiary/aromatic N) is 4. The second kappa shape index (κ2) is 12.2. The number of urea groups is 1. The van der Waals surface area contributed by atoms with Gasteiger partial charge < -0.3 is 25.8 Å². The van der Waals surface area contributed by atoms with Gasteiger partial charge in [0.1, 0.15) is 5.82 Å². The topological polar surface area (TPSA) is 97.4 Å². The second-order valence-electron chi connectivity index (χ2n) is 9.48. The highest BCUT2D eigenvalue weighted by Crippen LogP contribution is 2.32. The molecule has 1 aromatic carbocycles. The Balaban J connectivity index is 1.65. The van der Waals surface area contributed by atoms with Gasteiger partial charge in [0.25, 0.3) is 0 Å². The summed E-state index contributed by atoms with van der Waals surface area (Å²) in [4.78, 5) is 26.8. The molecule has 2 heterocycles. The zero-order chi connectivity index (χ0) is 25.4. The standard InChI is InChI=1S/C25H38N8OS/c1-6-33-13-11-25(17-33,22(35)26-12-14-32(4)5)16-27-21-15-19(3)28-23(30-21)31-24(34)29-20-9-7-18(2)8-10-20/h7-10,15H,6,11-14,16-17H2,1-5H3,(H,26,35)(H3,27,28,29,30,31,34). The highest BCUT2D eigenvalue weighted by atomic mass is 32.1. The molecule has 3 rings (SSSR count). The van der Waals surface area contributed by atoms with Crippen LogP contribution in [0.1, 0.15) is 24.6 Å². The molecule has 1 atom stereocenters. The highest BCUT2D eigenvalue weighted by molar-refractivity contribution is 7.80. The molecule has 190 valence electrons. The van der Waals surface area contributed by atoms with Crippen molar-refractivity contribution in [2.24, 2.45) is 5.41 Å². The first-order chi connectivity index (χ1) is 16.7. The van der Waals surface area contributed by atoms with Crippen LogP contribution in [0.2, 0.25) is 0 Å². The minimum absolute atomic E-state index is 0.174. The number of benzene rings is 1. The van der Waals surface area contributed by atoms with Crippen molar-refractivity contribution in [3.8, 4) is 0 Å². The van der Waals surface area contributed by atoms with Gasteiger partial charge in [-0.2, -0.15) is 4.98 Å². The summed E-state index contributed by atoms with van der Waals surface area (Å²) in [5.41, 5.74) is 2.42. The Bertz CT molecular complexity index is 1010. The summed E-state index contributed by atoms with van der Waals surface area (Å²) in [5.74, 6) is 0.910. The van der Waals surface area contributed by atoms with Gasteiger partial charge in [0.05, 0.1) is 10.4 Å². The molecule has 4 N–H and O–H groups in total. The summed E-state index contributed by atoms with van der Waals surface area (Å²) in [5, 5.41) is 12.5. The Hall–Kier alpha value is -2.82. The van der Waals surface area contributed by atoms with Gasteiger partial charge in [-0.05, 0) is 59.6 Å². The summed E-state index contributed by atoms with van der Waals surface area (Å²) in [7, 11) is 4.11. The summed E-state index contributed by atoms with van der Waals surface area (Å²) in [6, 6.07) is 9.09. The first kappa shape index (κ1) is 26.8.